The number of amides is 1. The summed E-state index contributed by atoms with van der Waals surface area (Å²) in [6, 6.07) is 0. The zero-order valence-corrected chi connectivity index (χ0v) is 16.4. The van der Waals surface area contributed by atoms with Gasteiger partial charge in [0, 0.05) is 43.0 Å². The van der Waals surface area contributed by atoms with Gasteiger partial charge in [0.05, 0.1) is 18.2 Å². The molecule has 4 rings (SSSR count). The van der Waals surface area contributed by atoms with Gasteiger partial charge in [-0.15, -0.1) is 0 Å². The predicted molar refractivity (Wildman–Crippen MR) is 102 cm³/mol. The number of aromatic nitrogens is 4. The van der Waals surface area contributed by atoms with Crippen molar-refractivity contribution in [1.82, 2.24) is 30.2 Å². The molecule has 3 heterocycles. The van der Waals surface area contributed by atoms with E-state index >= 15 is 0 Å². The quantitative estimate of drug-likeness (QED) is 0.836. The van der Waals surface area contributed by atoms with Gasteiger partial charge in [0.25, 0.3) is 0 Å². The number of rotatable bonds is 5. The van der Waals surface area contributed by atoms with Crippen molar-refractivity contribution in [1.29, 1.82) is 0 Å². The molecular formula is C20H28N6O. The number of likely N-dealkylation sites (tertiary alicyclic amines) is 1. The van der Waals surface area contributed by atoms with Crippen LogP contribution in [0.1, 0.15) is 53.6 Å². The number of carbonyl (C=O) groups excluding carboxylic acids is 1. The van der Waals surface area contributed by atoms with Gasteiger partial charge in [-0.3, -0.25) is 4.79 Å². The Hall–Kier alpha value is -2.28. The maximum atomic E-state index is 12.9. The summed E-state index contributed by atoms with van der Waals surface area (Å²) in [4.78, 5) is 32.3. The average Bonchev–Trinajstić information content (AvgIpc) is 3.36. The molecule has 7 nitrogen and oxygen atoms in total. The molecule has 1 saturated heterocycles. The first-order chi connectivity index (χ1) is 13.0. The van der Waals surface area contributed by atoms with E-state index < -0.39 is 0 Å². The monoisotopic (exact) mass is 368 g/mol. The van der Waals surface area contributed by atoms with Crippen LogP contribution < -0.4 is 5.32 Å². The van der Waals surface area contributed by atoms with Gasteiger partial charge < -0.3 is 15.2 Å². The highest BCUT2D eigenvalue weighted by molar-refractivity contribution is 5.80. The number of aryl methyl sites for hydroxylation is 4. The number of fused-ring (bicyclic) bond motifs is 1. The Labute approximate surface area is 160 Å². The van der Waals surface area contributed by atoms with E-state index in [0.29, 0.717) is 12.4 Å². The Balaban J connectivity index is 1.45. The maximum absolute atomic E-state index is 12.9. The van der Waals surface area contributed by atoms with E-state index in [1.165, 1.54) is 5.56 Å². The first kappa shape index (κ1) is 18.1. The maximum Gasteiger partial charge on any atom is 0.225 e. The normalized spacial score (nSPS) is 22.2. The second-order valence-electron chi connectivity index (χ2n) is 7.81. The van der Waals surface area contributed by atoms with Crippen LogP contribution in [0.4, 0.5) is 0 Å². The van der Waals surface area contributed by atoms with Crippen LogP contribution >= 0.6 is 0 Å². The molecule has 2 aromatic heterocycles. The van der Waals surface area contributed by atoms with E-state index in [1.54, 1.807) is 0 Å². The molecule has 1 aliphatic carbocycles. The van der Waals surface area contributed by atoms with Crippen LogP contribution in [-0.4, -0.2) is 50.9 Å². The summed E-state index contributed by atoms with van der Waals surface area (Å²) in [6.45, 7) is 6.12. The molecule has 144 valence electrons. The van der Waals surface area contributed by atoms with Crippen LogP contribution in [-0.2, 0) is 30.6 Å². The summed E-state index contributed by atoms with van der Waals surface area (Å²) in [5.41, 5.74) is 4.51. The van der Waals surface area contributed by atoms with Crippen LogP contribution in [0.5, 0.6) is 0 Å². The molecule has 0 aromatic carbocycles. The number of H-pyrrole nitrogens is 1. The molecule has 0 radical (unpaired) electrons. The number of hydrogen-bond donors (Lipinski definition) is 2. The highest BCUT2D eigenvalue weighted by atomic mass is 16.2. The number of likely N-dealkylation sites (N-methyl/N-ethyl adjacent to an activating group) is 1. The molecule has 7 heteroatoms. The number of imidazole rings is 1. The number of nitrogens with zero attached hydrogens (tertiary/aromatic N) is 4. The molecule has 2 atom stereocenters. The molecule has 0 bridgehead atoms. The fourth-order valence-corrected chi connectivity index (χ4v) is 4.35. The van der Waals surface area contributed by atoms with Gasteiger partial charge >= 0.3 is 0 Å². The van der Waals surface area contributed by atoms with E-state index in [2.05, 4.69) is 39.1 Å². The van der Waals surface area contributed by atoms with Crippen molar-refractivity contribution >= 4 is 5.91 Å². The minimum absolute atomic E-state index is 0.0638. The van der Waals surface area contributed by atoms with E-state index in [-0.39, 0.29) is 17.7 Å². The fraction of sp³-hybridized carbons (Fsp3) is 0.600. The summed E-state index contributed by atoms with van der Waals surface area (Å²) >= 11 is 0. The zero-order valence-electron chi connectivity index (χ0n) is 16.4. The average molecular weight is 368 g/mol. The van der Waals surface area contributed by atoms with Crippen molar-refractivity contribution < 1.29 is 4.79 Å². The molecule has 0 spiro atoms. The Bertz CT molecular complexity index is 845. The third-order valence-corrected chi connectivity index (χ3v) is 5.78. The first-order valence-corrected chi connectivity index (χ1v) is 9.90. The van der Waals surface area contributed by atoms with Gasteiger partial charge in [-0.25, -0.2) is 15.0 Å². The third kappa shape index (κ3) is 3.60. The summed E-state index contributed by atoms with van der Waals surface area (Å²) in [5, 5.41) is 3.06. The molecule has 2 aliphatic rings. The van der Waals surface area contributed by atoms with Crippen molar-refractivity contribution in [3.63, 3.8) is 0 Å². The van der Waals surface area contributed by atoms with Gasteiger partial charge in [0.1, 0.15) is 11.6 Å². The number of aromatic amines is 1. The van der Waals surface area contributed by atoms with E-state index in [0.717, 1.165) is 61.7 Å². The van der Waals surface area contributed by atoms with E-state index in [9.17, 15) is 4.79 Å². The summed E-state index contributed by atoms with van der Waals surface area (Å²) in [6.07, 6.45) is 6.03. The number of carbonyl (C=O) groups is 1. The smallest absolute Gasteiger partial charge is 0.225 e. The Morgan fingerprint density at radius 1 is 1.33 bits per heavy atom. The summed E-state index contributed by atoms with van der Waals surface area (Å²) in [7, 11) is 2.06. The van der Waals surface area contributed by atoms with Gasteiger partial charge in [-0.2, -0.15) is 0 Å². The molecule has 2 aromatic rings. The Morgan fingerprint density at radius 3 is 2.96 bits per heavy atom. The molecular weight excluding hydrogens is 340 g/mol. The molecule has 1 aliphatic heterocycles. The standard InChI is InChI=1S/C20H28N6O/c1-4-17-23-12(2)19(25-17)14-10-26(3)11-15(14)20(27)22-9-18-21-8-13-6-5-7-16(13)24-18/h8,14-15H,4-7,9-11H2,1-3H3,(H,22,27)(H,23,25)/t14-,15-/m0/s1. The first-order valence-electron chi connectivity index (χ1n) is 9.90. The molecule has 2 N–H and O–H groups in total. The largest absolute Gasteiger partial charge is 0.348 e. The SMILES string of the molecule is CCc1nc([C@H]2CN(C)C[C@@H]2C(=O)NCc2ncc3c(n2)CCC3)c(C)[nH]1. The number of hydrogen-bond acceptors (Lipinski definition) is 5. The molecule has 1 amide bonds. The van der Waals surface area contributed by atoms with Gasteiger partial charge in [0.15, 0.2) is 0 Å². The van der Waals surface area contributed by atoms with Crippen molar-refractivity contribution in [2.24, 2.45) is 5.92 Å². The minimum Gasteiger partial charge on any atom is -0.348 e. The number of nitrogens with one attached hydrogen (secondary N) is 2. The minimum atomic E-state index is -0.101. The lowest BCUT2D eigenvalue weighted by Crippen LogP contribution is -2.34. The zero-order chi connectivity index (χ0) is 19.0. The predicted octanol–water partition coefficient (Wildman–Crippen LogP) is 1.52. The van der Waals surface area contributed by atoms with Gasteiger partial charge in [0.2, 0.25) is 5.91 Å². The van der Waals surface area contributed by atoms with Crippen molar-refractivity contribution in [2.75, 3.05) is 20.1 Å². The Morgan fingerprint density at radius 2 is 2.19 bits per heavy atom. The van der Waals surface area contributed by atoms with E-state index in [4.69, 9.17) is 4.98 Å². The third-order valence-electron chi connectivity index (χ3n) is 5.78. The van der Waals surface area contributed by atoms with Gasteiger partial charge in [-0.05, 0) is 38.8 Å². The molecule has 0 unspecified atom stereocenters. The highest BCUT2D eigenvalue weighted by Crippen LogP contribution is 2.33. The van der Waals surface area contributed by atoms with Crippen molar-refractivity contribution in [3.05, 3.63) is 40.5 Å². The fourth-order valence-electron chi connectivity index (χ4n) is 4.35. The highest BCUT2D eigenvalue weighted by Gasteiger charge is 2.39. The second kappa shape index (κ2) is 7.38. The van der Waals surface area contributed by atoms with Crippen LogP contribution in [0.15, 0.2) is 6.20 Å². The molecule has 27 heavy (non-hydrogen) atoms. The van der Waals surface area contributed by atoms with Crippen LogP contribution in [0.25, 0.3) is 0 Å². The van der Waals surface area contributed by atoms with Crippen molar-refractivity contribution in [2.45, 2.75) is 52.0 Å². The Kier molecular flexibility index (Phi) is 4.95. The van der Waals surface area contributed by atoms with E-state index in [1.807, 2.05) is 13.1 Å². The lowest BCUT2D eigenvalue weighted by Gasteiger charge is -2.17. The van der Waals surface area contributed by atoms with Crippen LogP contribution in [0, 0.1) is 12.8 Å². The molecule has 1 fully saturated rings. The second-order valence-corrected chi connectivity index (χ2v) is 7.81. The lowest BCUT2D eigenvalue weighted by atomic mass is 9.91. The van der Waals surface area contributed by atoms with Crippen LogP contribution in [0.2, 0.25) is 0 Å². The van der Waals surface area contributed by atoms with Crippen molar-refractivity contribution in [3.8, 4) is 0 Å². The lowest BCUT2D eigenvalue weighted by molar-refractivity contribution is -0.125. The van der Waals surface area contributed by atoms with Gasteiger partial charge in [-0.1, -0.05) is 6.92 Å². The molecule has 0 saturated carbocycles. The van der Waals surface area contributed by atoms with Crippen LogP contribution in [0.3, 0.4) is 0 Å². The topological polar surface area (TPSA) is 86.8 Å². The summed E-state index contributed by atoms with van der Waals surface area (Å²) in [5.74, 6) is 1.77. The summed E-state index contributed by atoms with van der Waals surface area (Å²) < 4.78 is 0.